The van der Waals surface area contributed by atoms with Gasteiger partial charge in [-0.25, -0.2) is 9.59 Å². The summed E-state index contributed by atoms with van der Waals surface area (Å²) >= 11 is 0. The Morgan fingerprint density at radius 1 is 0.833 bits per heavy atom. The molecule has 0 fully saturated rings. The molecule has 6 nitrogen and oxygen atoms in total. The number of nitrogens with zero attached hydrogens (tertiary/aromatic N) is 1. The van der Waals surface area contributed by atoms with Crippen molar-refractivity contribution in [3.63, 3.8) is 0 Å². The number of carboxylic acids is 1. The molecule has 1 heterocycles. The zero-order valence-corrected chi connectivity index (χ0v) is 17.2. The molecule has 1 aromatic heterocycles. The minimum Gasteiger partial charge on any atom is -0.479 e. The lowest BCUT2D eigenvalue weighted by molar-refractivity contribution is -0.150. The molecule has 0 saturated carbocycles. The van der Waals surface area contributed by atoms with Crippen molar-refractivity contribution in [2.45, 2.75) is 26.3 Å². The quantitative estimate of drug-likeness (QED) is 0.565. The van der Waals surface area contributed by atoms with E-state index in [1.807, 2.05) is 30.3 Å². The first-order valence-electron chi connectivity index (χ1n) is 9.62. The van der Waals surface area contributed by atoms with Gasteiger partial charge in [0.1, 0.15) is 0 Å². The van der Waals surface area contributed by atoms with Crippen molar-refractivity contribution in [1.82, 2.24) is 10.3 Å². The third-order valence-corrected chi connectivity index (χ3v) is 5.11. The zero-order valence-electron chi connectivity index (χ0n) is 17.2. The average Bonchev–Trinajstić information content (AvgIpc) is 2.72. The van der Waals surface area contributed by atoms with Gasteiger partial charge in [-0.1, -0.05) is 63.2 Å². The first-order valence-corrected chi connectivity index (χ1v) is 9.62. The molecule has 3 N–H and O–H groups in total. The van der Waals surface area contributed by atoms with Gasteiger partial charge in [-0.15, -0.1) is 0 Å². The van der Waals surface area contributed by atoms with Crippen molar-refractivity contribution >= 4 is 17.7 Å². The van der Waals surface area contributed by atoms with Crippen LogP contribution in [-0.4, -0.2) is 22.1 Å². The fraction of sp³-hybridized carbons (Fsp3) is 0.208. The number of carbonyl (C=O) groups excluding carboxylic acids is 1. The molecule has 2 aromatic carbocycles. The Morgan fingerprint density at radius 2 is 1.40 bits per heavy atom. The van der Waals surface area contributed by atoms with Crippen LogP contribution in [0.3, 0.4) is 0 Å². The maximum absolute atomic E-state index is 12.8. The Morgan fingerprint density at radius 3 is 1.93 bits per heavy atom. The molecule has 0 saturated heterocycles. The van der Waals surface area contributed by atoms with Crippen molar-refractivity contribution in [3.8, 4) is 11.1 Å². The van der Waals surface area contributed by atoms with Crippen molar-refractivity contribution in [2.75, 3.05) is 5.32 Å². The van der Waals surface area contributed by atoms with E-state index in [-0.39, 0.29) is 0 Å². The number of benzene rings is 2. The summed E-state index contributed by atoms with van der Waals surface area (Å²) in [5.74, 6) is -1.12. The number of carboxylic acid groups (broad SMARTS) is 1. The lowest BCUT2D eigenvalue weighted by Crippen LogP contribution is -2.60. The first kappa shape index (κ1) is 21.0. The fourth-order valence-corrected chi connectivity index (χ4v) is 3.50. The van der Waals surface area contributed by atoms with Gasteiger partial charge >= 0.3 is 12.0 Å². The molecule has 3 rings (SSSR count). The first-order chi connectivity index (χ1) is 14.2. The Hall–Kier alpha value is -3.67. The number of aliphatic carboxylic acids is 1. The Kier molecular flexibility index (Phi) is 5.87. The van der Waals surface area contributed by atoms with Gasteiger partial charge in [0.2, 0.25) is 0 Å². The SMILES string of the molecule is CC(C)(C)[C@@](NC(=O)Nc1ccc(-c2ccncc2)cc1)(C(=O)O)c1ccccc1. The number of aromatic nitrogens is 1. The molecule has 6 heteroatoms. The highest BCUT2D eigenvalue weighted by Crippen LogP contribution is 2.40. The lowest BCUT2D eigenvalue weighted by atomic mass is 9.69. The van der Waals surface area contributed by atoms with E-state index >= 15 is 0 Å². The summed E-state index contributed by atoms with van der Waals surface area (Å²) in [7, 11) is 0. The maximum Gasteiger partial charge on any atom is 0.334 e. The van der Waals surface area contributed by atoms with Crippen LogP contribution < -0.4 is 10.6 Å². The summed E-state index contributed by atoms with van der Waals surface area (Å²) in [6.45, 7) is 5.37. The molecule has 0 unspecified atom stereocenters. The van der Waals surface area contributed by atoms with Crippen LogP contribution in [-0.2, 0) is 10.3 Å². The molecule has 30 heavy (non-hydrogen) atoms. The summed E-state index contributed by atoms with van der Waals surface area (Å²) in [5, 5.41) is 15.6. The Labute approximate surface area is 176 Å². The second-order valence-corrected chi connectivity index (χ2v) is 8.06. The highest BCUT2D eigenvalue weighted by Gasteiger charge is 2.51. The molecule has 0 aliphatic carbocycles. The molecule has 1 atom stereocenters. The summed E-state index contributed by atoms with van der Waals surface area (Å²) in [4.78, 5) is 29.2. The topological polar surface area (TPSA) is 91.3 Å². The van der Waals surface area contributed by atoms with E-state index in [2.05, 4.69) is 15.6 Å². The van der Waals surface area contributed by atoms with Crippen LogP contribution in [0, 0.1) is 5.41 Å². The van der Waals surface area contributed by atoms with Gasteiger partial charge in [0.05, 0.1) is 0 Å². The predicted octanol–water partition coefficient (Wildman–Crippen LogP) is 4.90. The van der Waals surface area contributed by atoms with Crippen molar-refractivity contribution in [1.29, 1.82) is 0 Å². The monoisotopic (exact) mass is 403 g/mol. The van der Waals surface area contributed by atoms with E-state index in [0.29, 0.717) is 11.3 Å². The summed E-state index contributed by atoms with van der Waals surface area (Å²) < 4.78 is 0. The standard InChI is InChI=1S/C24H25N3O3/c1-23(2,3)24(21(28)29,19-7-5-4-6-8-19)27-22(30)26-20-11-9-17(10-12-20)18-13-15-25-16-14-18/h4-16H,1-3H3,(H,28,29)(H2,26,27,30)/t24-/m0/s1. The zero-order chi connectivity index (χ0) is 21.8. The third kappa shape index (κ3) is 4.17. The number of hydrogen-bond acceptors (Lipinski definition) is 3. The number of nitrogens with one attached hydrogen (secondary N) is 2. The van der Waals surface area contributed by atoms with Crippen molar-refractivity contribution < 1.29 is 14.7 Å². The molecule has 0 aliphatic rings. The number of urea groups is 1. The molecular formula is C24H25N3O3. The van der Waals surface area contributed by atoms with Gasteiger partial charge in [-0.3, -0.25) is 4.98 Å². The van der Waals surface area contributed by atoms with E-state index in [1.54, 1.807) is 69.6 Å². The van der Waals surface area contributed by atoms with E-state index in [4.69, 9.17) is 0 Å². The minimum atomic E-state index is -1.60. The van der Waals surface area contributed by atoms with Crippen LogP contribution in [0.1, 0.15) is 26.3 Å². The molecule has 0 bridgehead atoms. The number of pyridine rings is 1. The van der Waals surface area contributed by atoms with Gasteiger partial charge in [0.15, 0.2) is 5.54 Å². The number of anilines is 1. The van der Waals surface area contributed by atoms with E-state index in [9.17, 15) is 14.7 Å². The number of carbonyl (C=O) groups is 2. The Balaban J connectivity index is 1.84. The molecule has 0 spiro atoms. The molecular weight excluding hydrogens is 378 g/mol. The molecule has 154 valence electrons. The predicted molar refractivity (Wildman–Crippen MR) is 117 cm³/mol. The van der Waals surface area contributed by atoms with E-state index < -0.39 is 23.0 Å². The van der Waals surface area contributed by atoms with Crippen LogP contribution >= 0.6 is 0 Å². The number of amides is 2. The van der Waals surface area contributed by atoms with Gasteiger partial charge in [-0.05, 0) is 41.0 Å². The van der Waals surface area contributed by atoms with Crippen molar-refractivity contribution in [2.24, 2.45) is 5.41 Å². The average molecular weight is 403 g/mol. The third-order valence-electron chi connectivity index (χ3n) is 5.11. The maximum atomic E-state index is 12.8. The van der Waals surface area contributed by atoms with E-state index in [0.717, 1.165) is 11.1 Å². The molecule has 0 aliphatic heterocycles. The molecule has 0 radical (unpaired) electrons. The Bertz CT molecular complexity index is 1010. The minimum absolute atomic E-state index is 0.508. The van der Waals surface area contributed by atoms with Crippen LogP contribution in [0.4, 0.5) is 10.5 Å². The summed E-state index contributed by atoms with van der Waals surface area (Å²) in [5.41, 5.74) is 0.683. The smallest absolute Gasteiger partial charge is 0.334 e. The van der Waals surface area contributed by atoms with Crippen LogP contribution in [0.2, 0.25) is 0 Å². The van der Waals surface area contributed by atoms with Gasteiger partial charge in [-0.2, -0.15) is 0 Å². The summed E-state index contributed by atoms with van der Waals surface area (Å²) in [6, 6.07) is 19.3. The second kappa shape index (κ2) is 8.37. The normalized spacial score (nSPS) is 13.2. The number of rotatable bonds is 5. The molecule has 2 amide bonds. The van der Waals surface area contributed by atoms with Crippen LogP contribution in [0.5, 0.6) is 0 Å². The molecule has 3 aromatic rings. The highest BCUT2D eigenvalue weighted by atomic mass is 16.4. The van der Waals surface area contributed by atoms with Crippen LogP contribution in [0.15, 0.2) is 79.1 Å². The van der Waals surface area contributed by atoms with Gasteiger partial charge < -0.3 is 15.7 Å². The largest absolute Gasteiger partial charge is 0.479 e. The summed E-state index contributed by atoms with van der Waals surface area (Å²) in [6.07, 6.45) is 3.44. The fourth-order valence-electron chi connectivity index (χ4n) is 3.50. The van der Waals surface area contributed by atoms with Crippen molar-refractivity contribution in [3.05, 3.63) is 84.7 Å². The highest BCUT2D eigenvalue weighted by molar-refractivity contribution is 5.95. The van der Waals surface area contributed by atoms with Crippen LogP contribution in [0.25, 0.3) is 11.1 Å². The lowest BCUT2D eigenvalue weighted by Gasteiger charge is -2.42. The van der Waals surface area contributed by atoms with E-state index in [1.165, 1.54) is 0 Å². The number of hydrogen-bond donors (Lipinski definition) is 3. The second-order valence-electron chi connectivity index (χ2n) is 8.06. The van der Waals surface area contributed by atoms with Gasteiger partial charge in [0.25, 0.3) is 0 Å². The van der Waals surface area contributed by atoms with Gasteiger partial charge in [0, 0.05) is 23.5 Å².